The van der Waals surface area contributed by atoms with Crippen molar-refractivity contribution in [1.29, 1.82) is 0 Å². The molecule has 1 N–H and O–H groups in total. The smallest absolute Gasteiger partial charge is 0.348 e. The number of aromatic carboxylic acids is 1. The highest BCUT2D eigenvalue weighted by molar-refractivity contribution is 7.20. The minimum absolute atomic E-state index is 0.273. The fourth-order valence-corrected chi connectivity index (χ4v) is 2.19. The summed E-state index contributed by atoms with van der Waals surface area (Å²) >= 11 is 0.892. The molecule has 2 aromatic rings. The average Bonchev–Trinajstić information content (AvgIpc) is 2.43. The van der Waals surface area contributed by atoms with E-state index in [2.05, 4.69) is 0 Å². The lowest BCUT2D eigenvalue weighted by atomic mass is 9.96. The highest BCUT2D eigenvalue weighted by Crippen LogP contribution is 2.28. The number of thiophene rings is 1. The van der Waals surface area contributed by atoms with Crippen LogP contribution >= 0.6 is 11.3 Å². The topological polar surface area (TPSA) is 37.3 Å². The maximum atomic E-state index is 13.4. The molecule has 0 fully saturated rings. The summed E-state index contributed by atoms with van der Waals surface area (Å²) in [6.07, 6.45) is 0. The number of benzene rings is 1. The molecule has 1 aromatic heterocycles. The predicted octanol–water partition coefficient (Wildman–Crippen LogP) is 1.53. The fraction of sp³-hybridized carbons (Fsp3) is 0. The van der Waals surface area contributed by atoms with Crippen LogP contribution in [-0.4, -0.2) is 18.9 Å². The molecule has 5 heteroatoms. The number of carboxylic acids is 1. The van der Waals surface area contributed by atoms with Crippen LogP contribution in [0.25, 0.3) is 10.1 Å². The first-order valence-corrected chi connectivity index (χ1v) is 4.62. The zero-order valence-electron chi connectivity index (χ0n) is 6.95. The highest BCUT2D eigenvalue weighted by Gasteiger charge is 2.17. The van der Waals surface area contributed by atoms with Gasteiger partial charge in [0.15, 0.2) is 5.82 Å². The van der Waals surface area contributed by atoms with Crippen molar-refractivity contribution in [3.05, 3.63) is 28.9 Å². The SMILES string of the molecule is [B]c1ccc2c(F)c(C(=O)O)sc2c1. The summed E-state index contributed by atoms with van der Waals surface area (Å²) in [5, 5.41) is 8.98. The molecule has 1 heterocycles. The number of rotatable bonds is 1. The van der Waals surface area contributed by atoms with Gasteiger partial charge in [-0.25, -0.2) is 9.18 Å². The second-order valence-electron chi connectivity index (χ2n) is 2.81. The number of hydrogen-bond acceptors (Lipinski definition) is 2. The third kappa shape index (κ3) is 1.30. The van der Waals surface area contributed by atoms with Crippen LogP contribution in [0.4, 0.5) is 4.39 Å². The maximum absolute atomic E-state index is 13.4. The summed E-state index contributed by atoms with van der Waals surface area (Å²) in [6.45, 7) is 0. The maximum Gasteiger partial charge on any atom is 0.348 e. The van der Waals surface area contributed by atoms with E-state index in [1.54, 1.807) is 12.1 Å². The Bertz CT molecular complexity index is 521. The first-order valence-electron chi connectivity index (χ1n) is 3.80. The molecule has 14 heavy (non-hydrogen) atoms. The summed E-state index contributed by atoms with van der Waals surface area (Å²) in [5.74, 6) is -1.93. The van der Waals surface area contributed by atoms with Gasteiger partial charge in [0.25, 0.3) is 0 Å². The predicted molar refractivity (Wildman–Crippen MR) is 54.1 cm³/mol. The quantitative estimate of drug-likeness (QED) is 0.718. The molecule has 2 rings (SSSR count). The Morgan fingerprint density at radius 1 is 1.50 bits per heavy atom. The first-order chi connectivity index (χ1) is 6.59. The number of carbonyl (C=O) groups is 1. The van der Waals surface area contributed by atoms with Crippen molar-refractivity contribution in [2.75, 3.05) is 0 Å². The molecule has 0 bridgehead atoms. The molecule has 0 aliphatic rings. The minimum atomic E-state index is -1.25. The van der Waals surface area contributed by atoms with Gasteiger partial charge in [-0.05, 0) is 0 Å². The van der Waals surface area contributed by atoms with Gasteiger partial charge >= 0.3 is 5.97 Å². The van der Waals surface area contributed by atoms with E-state index < -0.39 is 11.8 Å². The van der Waals surface area contributed by atoms with E-state index in [9.17, 15) is 9.18 Å². The zero-order valence-corrected chi connectivity index (χ0v) is 7.77. The van der Waals surface area contributed by atoms with E-state index in [-0.39, 0.29) is 4.88 Å². The molecule has 0 aliphatic heterocycles. The molecular formula is C9H4BFO2S. The van der Waals surface area contributed by atoms with Gasteiger partial charge in [0, 0.05) is 10.1 Å². The molecule has 0 saturated carbocycles. The average molecular weight is 206 g/mol. The third-order valence-electron chi connectivity index (χ3n) is 1.85. The third-order valence-corrected chi connectivity index (χ3v) is 2.96. The van der Waals surface area contributed by atoms with Crippen molar-refractivity contribution in [1.82, 2.24) is 0 Å². The van der Waals surface area contributed by atoms with Crippen molar-refractivity contribution in [2.45, 2.75) is 0 Å². The summed E-state index contributed by atoms with van der Waals surface area (Å²) in [5.41, 5.74) is 0.496. The van der Waals surface area contributed by atoms with E-state index in [4.69, 9.17) is 13.0 Å². The van der Waals surface area contributed by atoms with Crippen LogP contribution in [0.15, 0.2) is 18.2 Å². The molecule has 0 unspecified atom stereocenters. The molecule has 2 radical (unpaired) electrons. The van der Waals surface area contributed by atoms with Crippen LogP contribution in [0, 0.1) is 5.82 Å². The molecule has 0 atom stereocenters. The molecule has 1 aromatic carbocycles. The van der Waals surface area contributed by atoms with Crippen LogP contribution in [0.3, 0.4) is 0 Å². The lowest BCUT2D eigenvalue weighted by Crippen LogP contribution is -1.98. The van der Waals surface area contributed by atoms with Gasteiger partial charge in [-0.3, -0.25) is 0 Å². The summed E-state index contributed by atoms with van der Waals surface area (Å²) in [7, 11) is 5.50. The van der Waals surface area contributed by atoms with Crippen LogP contribution in [0.5, 0.6) is 0 Å². The summed E-state index contributed by atoms with van der Waals surface area (Å²) in [6, 6.07) is 4.60. The van der Waals surface area contributed by atoms with Crippen LogP contribution < -0.4 is 5.46 Å². The van der Waals surface area contributed by atoms with Gasteiger partial charge in [0.1, 0.15) is 12.7 Å². The van der Waals surface area contributed by atoms with E-state index >= 15 is 0 Å². The van der Waals surface area contributed by atoms with Crippen LogP contribution in [0.1, 0.15) is 9.67 Å². The Morgan fingerprint density at radius 3 is 2.86 bits per heavy atom. The molecule has 68 valence electrons. The van der Waals surface area contributed by atoms with Crippen molar-refractivity contribution >= 4 is 40.7 Å². The normalized spacial score (nSPS) is 10.6. The van der Waals surface area contributed by atoms with Gasteiger partial charge in [-0.2, -0.15) is 0 Å². The molecule has 0 saturated heterocycles. The lowest BCUT2D eigenvalue weighted by Gasteiger charge is -1.91. The Hall–Kier alpha value is -1.36. The van der Waals surface area contributed by atoms with Gasteiger partial charge in [-0.15, -0.1) is 11.3 Å². The van der Waals surface area contributed by atoms with E-state index in [1.807, 2.05) is 0 Å². The van der Waals surface area contributed by atoms with Gasteiger partial charge in [0.05, 0.1) is 0 Å². The zero-order chi connectivity index (χ0) is 10.3. The molecule has 0 aliphatic carbocycles. The van der Waals surface area contributed by atoms with Gasteiger partial charge in [-0.1, -0.05) is 23.7 Å². The molecule has 0 amide bonds. The lowest BCUT2D eigenvalue weighted by molar-refractivity contribution is 0.0698. The largest absolute Gasteiger partial charge is 0.477 e. The Balaban J connectivity index is 2.79. The first kappa shape index (κ1) is 9.21. The Kier molecular flexibility index (Phi) is 2.04. The number of fused-ring (bicyclic) bond motifs is 1. The summed E-state index contributed by atoms with van der Waals surface area (Å²) < 4.78 is 14.0. The number of halogens is 1. The number of hydrogen-bond donors (Lipinski definition) is 1. The van der Waals surface area contributed by atoms with Crippen LogP contribution in [-0.2, 0) is 0 Å². The second-order valence-corrected chi connectivity index (χ2v) is 3.86. The van der Waals surface area contributed by atoms with Crippen molar-refractivity contribution in [3.8, 4) is 0 Å². The monoisotopic (exact) mass is 206 g/mol. The fourth-order valence-electron chi connectivity index (χ4n) is 1.22. The number of carboxylic acid groups (broad SMARTS) is 1. The van der Waals surface area contributed by atoms with Gasteiger partial charge in [0.2, 0.25) is 0 Å². The molecule has 0 spiro atoms. The minimum Gasteiger partial charge on any atom is -0.477 e. The molecular weight excluding hydrogens is 202 g/mol. The highest BCUT2D eigenvalue weighted by atomic mass is 32.1. The van der Waals surface area contributed by atoms with Crippen molar-refractivity contribution in [3.63, 3.8) is 0 Å². The van der Waals surface area contributed by atoms with E-state index in [1.165, 1.54) is 6.07 Å². The standard InChI is InChI=1S/C9H4BFO2S/c10-4-1-2-5-6(3-4)14-8(7(5)11)9(12)13/h1-3H,(H,12,13). The van der Waals surface area contributed by atoms with Crippen LogP contribution in [0.2, 0.25) is 0 Å². The van der Waals surface area contributed by atoms with Crippen molar-refractivity contribution < 1.29 is 14.3 Å². The summed E-state index contributed by atoms with van der Waals surface area (Å²) in [4.78, 5) is 10.3. The second kappa shape index (κ2) is 3.10. The van der Waals surface area contributed by atoms with E-state index in [0.29, 0.717) is 15.5 Å². The Labute approximate surface area is 84.4 Å². The van der Waals surface area contributed by atoms with E-state index in [0.717, 1.165) is 11.3 Å². The Morgan fingerprint density at radius 2 is 2.21 bits per heavy atom. The van der Waals surface area contributed by atoms with Crippen molar-refractivity contribution in [2.24, 2.45) is 0 Å². The van der Waals surface area contributed by atoms with Gasteiger partial charge < -0.3 is 5.11 Å². The molecule has 2 nitrogen and oxygen atoms in total.